The normalized spacial score (nSPS) is 11.0. The number of ether oxygens (including phenoxy) is 1. The van der Waals surface area contributed by atoms with E-state index in [4.69, 9.17) is 27.9 Å². The van der Waals surface area contributed by atoms with Gasteiger partial charge in [-0.15, -0.1) is 0 Å². The Morgan fingerprint density at radius 2 is 1.77 bits per heavy atom. The molecule has 4 aromatic rings. The summed E-state index contributed by atoms with van der Waals surface area (Å²) >= 11 is 12.1. The average molecular weight is 454 g/mol. The molecule has 0 atom stereocenters. The molecule has 1 N–H and O–H groups in total. The highest BCUT2D eigenvalue weighted by Gasteiger charge is 2.15. The second-order valence-electron chi connectivity index (χ2n) is 7.30. The number of nitrogens with zero attached hydrogens (tertiary/aromatic N) is 2. The van der Waals surface area contributed by atoms with Crippen LogP contribution >= 0.6 is 23.2 Å². The highest BCUT2D eigenvalue weighted by atomic mass is 35.5. The summed E-state index contributed by atoms with van der Waals surface area (Å²) in [4.78, 5) is 12.5. The first-order valence-corrected chi connectivity index (χ1v) is 10.6. The predicted octanol–water partition coefficient (Wildman–Crippen LogP) is 6.03. The number of halogens is 2. The molecule has 0 aliphatic heterocycles. The van der Waals surface area contributed by atoms with Gasteiger partial charge in [0.25, 0.3) is 5.91 Å². The predicted molar refractivity (Wildman–Crippen MR) is 125 cm³/mol. The van der Waals surface area contributed by atoms with E-state index >= 15 is 0 Å². The molecule has 1 heterocycles. The van der Waals surface area contributed by atoms with Gasteiger partial charge in [-0.05, 0) is 54.4 Å². The molecule has 0 unspecified atom stereocenters. The Labute approximate surface area is 190 Å². The molecular formula is C24H21Cl2N3O2. The van der Waals surface area contributed by atoms with Crippen molar-refractivity contribution in [3.63, 3.8) is 0 Å². The summed E-state index contributed by atoms with van der Waals surface area (Å²) in [5, 5.41) is 10.7. The number of hydrogen-bond donors (Lipinski definition) is 1. The van der Waals surface area contributed by atoms with E-state index in [2.05, 4.69) is 10.4 Å². The van der Waals surface area contributed by atoms with Crippen molar-refractivity contribution in [1.82, 2.24) is 9.78 Å². The van der Waals surface area contributed by atoms with E-state index in [1.165, 1.54) is 0 Å². The maximum absolute atomic E-state index is 12.5. The molecule has 0 aliphatic rings. The minimum atomic E-state index is -0.242. The lowest BCUT2D eigenvalue weighted by Crippen LogP contribution is -2.21. The summed E-state index contributed by atoms with van der Waals surface area (Å²) in [7, 11) is 0. The number of benzene rings is 3. The number of carbonyl (C=O) groups excluding carboxylic acids is 1. The number of aromatic nitrogens is 2. The van der Waals surface area contributed by atoms with Gasteiger partial charge < -0.3 is 10.1 Å². The third-order valence-electron chi connectivity index (χ3n) is 5.05. The van der Waals surface area contributed by atoms with Crippen LogP contribution in [-0.4, -0.2) is 22.3 Å². The Hall–Kier alpha value is -3.02. The number of aryl methyl sites for hydroxylation is 1. The first kappa shape index (κ1) is 21.2. The molecule has 3 aromatic carbocycles. The molecule has 0 radical (unpaired) electrons. The quantitative estimate of drug-likeness (QED) is 0.387. The van der Waals surface area contributed by atoms with Gasteiger partial charge >= 0.3 is 0 Å². The second-order valence-corrected chi connectivity index (χ2v) is 8.11. The highest BCUT2D eigenvalue weighted by Crippen LogP contribution is 2.25. The van der Waals surface area contributed by atoms with Crippen LogP contribution in [-0.2, 0) is 11.3 Å². The highest BCUT2D eigenvalue weighted by molar-refractivity contribution is 6.42. The molecular weight excluding hydrogens is 433 g/mol. The fourth-order valence-electron chi connectivity index (χ4n) is 3.42. The number of nitrogens with one attached hydrogen (secondary N) is 1. The van der Waals surface area contributed by atoms with E-state index in [0.717, 1.165) is 27.7 Å². The van der Waals surface area contributed by atoms with Gasteiger partial charge in [0, 0.05) is 0 Å². The van der Waals surface area contributed by atoms with E-state index < -0.39 is 0 Å². The summed E-state index contributed by atoms with van der Waals surface area (Å²) in [5.41, 5.74) is 3.24. The Kier molecular flexibility index (Phi) is 6.16. The summed E-state index contributed by atoms with van der Waals surface area (Å²) in [6.07, 6.45) is 0. The second kappa shape index (κ2) is 9.00. The van der Waals surface area contributed by atoms with Crippen LogP contribution in [0.15, 0.2) is 60.7 Å². The number of hydrogen-bond acceptors (Lipinski definition) is 3. The van der Waals surface area contributed by atoms with Crippen molar-refractivity contribution in [2.24, 2.45) is 0 Å². The first-order chi connectivity index (χ1) is 14.9. The third kappa shape index (κ3) is 4.84. The van der Waals surface area contributed by atoms with Crippen molar-refractivity contribution in [3.05, 3.63) is 87.7 Å². The van der Waals surface area contributed by atoms with Gasteiger partial charge in [-0.3, -0.25) is 9.48 Å². The molecule has 5 nitrogen and oxygen atoms in total. The fraction of sp³-hybridized carbons (Fsp3) is 0.167. The monoisotopic (exact) mass is 453 g/mol. The number of rotatable bonds is 6. The lowest BCUT2D eigenvalue weighted by Gasteiger charge is -2.09. The molecule has 158 valence electrons. The number of carbonyl (C=O) groups is 1. The topological polar surface area (TPSA) is 56.2 Å². The summed E-state index contributed by atoms with van der Waals surface area (Å²) in [6, 6.07) is 19.3. The van der Waals surface area contributed by atoms with Gasteiger partial charge in [0.1, 0.15) is 5.75 Å². The van der Waals surface area contributed by atoms with E-state index in [-0.39, 0.29) is 12.5 Å². The van der Waals surface area contributed by atoms with Crippen LogP contribution in [0.1, 0.15) is 17.0 Å². The van der Waals surface area contributed by atoms with E-state index in [1.807, 2.05) is 73.1 Å². The molecule has 0 spiro atoms. The molecule has 1 aromatic heterocycles. The Morgan fingerprint density at radius 1 is 1.00 bits per heavy atom. The van der Waals surface area contributed by atoms with E-state index in [1.54, 1.807) is 6.07 Å². The van der Waals surface area contributed by atoms with Crippen LogP contribution in [0.25, 0.3) is 10.8 Å². The van der Waals surface area contributed by atoms with Crippen LogP contribution < -0.4 is 10.1 Å². The van der Waals surface area contributed by atoms with Gasteiger partial charge in [0.05, 0.1) is 33.7 Å². The molecule has 31 heavy (non-hydrogen) atoms. The van der Waals surface area contributed by atoms with Crippen molar-refractivity contribution in [3.8, 4) is 5.75 Å². The standard InChI is InChI=1S/C24H21Cl2N3O2/c1-15-24(16(2)29(28-15)13-17-7-10-21(25)22(26)11-17)27-23(30)14-31-20-9-8-18-5-3-4-6-19(18)12-20/h3-12H,13-14H2,1-2H3,(H,27,30). The molecule has 0 saturated carbocycles. The molecule has 0 bridgehead atoms. The SMILES string of the molecule is Cc1nn(Cc2ccc(Cl)c(Cl)c2)c(C)c1NC(=O)COc1ccc2ccccc2c1. The van der Waals surface area contributed by atoms with Gasteiger partial charge in [-0.25, -0.2) is 0 Å². The van der Waals surface area contributed by atoms with Crippen molar-refractivity contribution < 1.29 is 9.53 Å². The van der Waals surface area contributed by atoms with Crippen molar-refractivity contribution in [1.29, 1.82) is 0 Å². The third-order valence-corrected chi connectivity index (χ3v) is 5.79. The molecule has 0 aliphatic carbocycles. The van der Waals surface area contributed by atoms with Crippen LogP contribution in [0.2, 0.25) is 10.0 Å². The first-order valence-electron chi connectivity index (χ1n) is 9.80. The smallest absolute Gasteiger partial charge is 0.262 e. The zero-order valence-corrected chi connectivity index (χ0v) is 18.7. The van der Waals surface area contributed by atoms with Crippen LogP contribution in [0, 0.1) is 13.8 Å². The zero-order chi connectivity index (χ0) is 22.0. The van der Waals surface area contributed by atoms with E-state index in [0.29, 0.717) is 28.0 Å². The average Bonchev–Trinajstić information content (AvgIpc) is 3.02. The maximum Gasteiger partial charge on any atom is 0.262 e. The number of fused-ring (bicyclic) bond motifs is 1. The number of amides is 1. The lowest BCUT2D eigenvalue weighted by molar-refractivity contribution is -0.118. The van der Waals surface area contributed by atoms with Gasteiger partial charge in [0.15, 0.2) is 6.61 Å². The summed E-state index contributed by atoms with van der Waals surface area (Å²) < 4.78 is 7.52. The van der Waals surface area contributed by atoms with Crippen molar-refractivity contribution >= 4 is 45.6 Å². The van der Waals surface area contributed by atoms with Crippen molar-refractivity contribution in [2.45, 2.75) is 20.4 Å². The number of anilines is 1. The zero-order valence-electron chi connectivity index (χ0n) is 17.2. The maximum atomic E-state index is 12.5. The van der Waals surface area contributed by atoms with Gasteiger partial charge in [-0.2, -0.15) is 5.10 Å². The van der Waals surface area contributed by atoms with Crippen LogP contribution in [0.3, 0.4) is 0 Å². The summed E-state index contributed by atoms with van der Waals surface area (Å²) in [5.74, 6) is 0.408. The fourth-order valence-corrected chi connectivity index (χ4v) is 3.74. The van der Waals surface area contributed by atoms with Crippen LogP contribution in [0.5, 0.6) is 5.75 Å². The van der Waals surface area contributed by atoms with Crippen LogP contribution in [0.4, 0.5) is 5.69 Å². The van der Waals surface area contributed by atoms with Gasteiger partial charge in [0.2, 0.25) is 0 Å². The largest absolute Gasteiger partial charge is 0.484 e. The Balaban J connectivity index is 1.42. The lowest BCUT2D eigenvalue weighted by atomic mass is 10.1. The van der Waals surface area contributed by atoms with Gasteiger partial charge in [-0.1, -0.05) is 59.6 Å². The molecule has 0 fully saturated rings. The van der Waals surface area contributed by atoms with Crippen molar-refractivity contribution in [2.75, 3.05) is 11.9 Å². The Bertz CT molecular complexity index is 1270. The minimum Gasteiger partial charge on any atom is -0.484 e. The molecule has 0 saturated heterocycles. The van der Waals surface area contributed by atoms with E-state index in [9.17, 15) is 4.79 Å². The summed E-state index contributed by atoms with van der Waals surface area (Å²) in [6.45, 7) is 4.21. The molecule has 1 amide bonds. The minimum absolute atomic E-state index is 0.0881. The Morgan fingerprint density at radius 3 is 2.55 bits per heavy atom. The molecule has 7 heteroatoms. The molecule has 4 rings (SSSR count).